The Morgan fingerprint density at radius 3 is 2.84 bits per heavy atom. The smallest absolute Gasteiger partial charge is 0.341 e. The van der Waals surface area contributed by atoms with Crippen LogP contribution in [-0.4, -0.2) is 24.6 Å². The van der Waals surface area contributed by atoms with Gasteiger partial charge in [-0.15, -0.1) is 0 Å². The number of amides is 1. The monoisotopic (exact) mass is 267 g/mol. The molecule has 0 saturated heterocycles. The van der Waals surface area contributed by atoms with E-state index in [1.165, 1.54) is 6.07 Å². The summed E-state index contributed by atoms with van der Waals surface area (Å²) >= 11 is 0. The number of ether oxygens (including phenoxy) is 2. The highest BCUT2D eigenvalue weighted by molar-refractivity contribution is 6.00. The molecule has 0 aliphatic carbocycles. The first kappa shape index (κ1) is 13.3. The van der Waals surface area contributed by atoms with Gasteiger partial charge in [0.1, 0.15) is 11.6 Å². The van der Waals surface area contributed by atoms with Gasteiger partial charge in [-0.2, -0.15) is 0 Å². The summed E-state index contributed by atoms with van der Waals surface area (Å²) in [6.45, 7) is 3.57. The minimum absolute atomic E-state index is 0.149. The van der Waals surface area contributed by atoms with Crippen LogP contribution in [0.4, 0.5) is 10.1 Å². The normalized spacial score (nSPS) is 17.2. The van der Waals surface area contributed by atoms with Gasteiger partial charge in [-0.3, -0.25) is 4.79 Å². The van der Waals surface area contributed by atoms with Crippen molar-refractivity contribution in [2.45, 2.75) is 26.4 Å². The van der Waals surface area contributed by atoms with E-state index in [2.05, 4.69) is 5.32 Å². The molecule has 1 aromatic carbocycles. The van der Waals surface area contributed by atoms with Crippen LogP contribution in [0.5, 0.6) is 5.75 Å². The van der Waals surface area contributed by atoms with Crippen molar-refractivity contribution in [3.8, 4) is 5.75 Å². The zero-order valence-electron chi connectivity index (χ0n) is 10.7. The average molecular weight is 267 g/mol. The molecule has 0 fully saturated rings. The van der Waals surface area contributed by atoms with Gasteiger partial charge < -0.3 is 14.8 Å². The third-order valence-corrected chi connectivity index (χ3v) is 2.75. The molecule has 0 aromatic heterocycles. The van der Waals surface area contributed by atoms with Gasteiger partial charge in [0.05, 0.1) is 17.9 Å². The lowest BCUT2D eigenvalue weighted by atomic mass is 10.1. The number of hydrogen-bond donors (Lipinski definition) is 1. The molecule has 0 bridgehead atoms. The fourth-order valence-corrected chi connectivity index (χ4v) is 1.80. The Bertz CT molecular complexity index is 530. The second-order valence-corrected chi connectivity index (χ2v) is 4.05. The van der Waals surface area contributed by atoms with Crippen molar-refractivity contribution in [2.75, 3.05) is 11.9 Å². The largest absolute Gasteiger partial charge is 0.478 e. The summed E-state index contributed by atoms with van der Waals surface area (Å²) < 4.78 is 23.9. The minimum atomic E-state index is -0.769. The molecule has 1 aliphatic rings. The average Bonchev–Trinajstić information content (AvgIpc) is 2.38. The highest BCUT2D eigenvalue weighted by Crippen LogP contribution is 2.33. The predicted octanol–water partition coefficient (Wildman–Crippen LogP) is 2.11. The number of anilines is 1. The Morgan fingerprint density at radius 1 is 1.47 bits per heavy atom. The van der Waals surface area contributed by atoms with Crippen molar-refractivity contribution in [1.82, 2.24) is 0 Å². The van der Waals surface area contributed by atoms with Crippen molar-refractivity contribution in [2.24, 2.45) is 0 Å². The van der Waals surface area contributed by atoms with E-state index in [1.807, 2.05) is 0 Å². The van der Waals surface area contributed by atoms with Crippen LogP contribution >= 0.6 is 0 Å². The zero-order chi connectivity index (χ0) is 14.0. The van der Waals surface area contributed by atoms with Crippen molar-refractivity contribution >= 4 is 17.6 Å². The van der Waals surface area contributed by atoms with Gasteiger partial charge in [0.2, 0.25) is 0 Å². The van der Waals surface area contributed by atoms with Crippen LogP contribution in [-0.2, 0) is 9.53 Å². The maximum absolute atomic E-state index is 13.8. The molecule has 1 aromatic rings. The Kier molecular flexibility index (Phi) is 3.69. The Balaban J connectivity index is 2.36. The van der Waals surface area contributed by atoms with Crippen molar-refractivity contribution < 1.29 is 23.5 Å². The summed E-state index contributed by atoms with van der Waals surface area (Å²) in [5.74, 6) is -1.59. The fourth-order valence-electron chi connectivity index (χ4n) is 1.80. The Hall–Kier alpha value is -2.11. The van der Waals surface area contributed by atoms with Crippen LogP contribution in [0, 0.1) is 5.82 Å². The van der Waals surface area contributed by atoms with E-state index in [-0.39, 0.29) is 29.5 Å². The summed E-state index contributed by atoms with van der Waals surface area (Å²) in [7, 11) is 0. The molecule has 102 valence electrons. The standard InChI is InChI=1S/C13H14FNO4/c1-3-10-12(16)15-9-5-7(13(17)18-4-2)8(14)6-11(9)19-10/h5-6,10H,3-4H2,1-2H3,(H,15,16). The number of nitrogens with one attached hydrogen (secondary N) is 1. The van der Waals surface area contributed by atoms with Crippen LogP contribution in [0.3, 0.4) is 0 Å². The third kappa shape index (κ3) is 2.52. The molecule has 1 atom stereocenters. The molecule has 0 saturated carbocycles. The number of fused-ring (bicyclic) bond motifs is 1. The molecule has 1 heterocycles. The second-order valence-electron chi connectivity index (χ2n) is 4.05. The maximum Gasteiger partial charge on any atom is 0.341 e. The molecule has 1 N–H and O–H groups in total. The van der Waals surface area contributed by atoms with E-state index in [4.69, 9.17) is 9.47 Å². The van der Waals surface area contributed by atoms with Gasteiger partial charge in [-0.25, -0.2) is 9.18 Å². The fraction of sp³-hybridized carbons (Fsp3) is 0.385. The van der Waals surface area contributed by atoms with Crippen LogP contribution in [0.2, 0.25) is 0 Å². The first-order valence-corrected chi connectivity index (χ1v) is 6.05. The zero-order valence-corrected chi connectivity index (χ0v) is 10.7. The number of rotatable bonds is 3. The second kappa shape index (κ2) is 5.26. The topological polar surface area (TPSA) is 64.6 Å². The number of benzene rings is 1. The number of esters is 1. The first-order valence-electron chi connectivity index (χ1n) is 6.05. The van der Waals surface area contributed by atoms with Gasteiger partial charge in [0, 0.05) is 6.07 Å². The first-order chi connectivity index (χ1) is 9.06. The lowest BCUT2D eigenvalue weighted by Gasteiger charge is -2.25. The van der Waals surface area contributed by atoms with Gasteiger partial charge >= 0.3 is 5.97 Å². The molecular weight excluding hydrogens is 253 g/mol. The lowest BCUT2D eigenvalue weighted by molar-refractivity contribution is -0.123. The third-order valence-electron chi connectivity index (χ3n) is 2.75. The molecule has 19 heavy (non-hydrogen) atoms. The van der Waals surface area contributed by atoms with E-state index >= 15 is 0 Å². The molecule has 0 radical (unpaired) electrons. The van der Waals surface area contributed by atoms with Gasteiger partial charge in [-0.1, -0.05) is 6.92 Å². The maximum atomic E-state index is 13.8. The highest BCUT2D eigenvalue weighted by Gasteiger charge is 2.28. The summed E-state index contributed by atoms with van der Waals surface area (Å²) in [4.78, 5) is 23.2. The van der Waals surface area contributed by atoms with Crippen LogP contribution in [0.25, 0.3) is 0 Å². The van der Waals surface area contributed by atoms with Gasteiger partial charge in [0.25, 0.3) is 5.91 Å². The number of carbonyl (C=O) groups is 2. The minimum Gasteiger partial charge on any atom is -0.478 e. The summed E-state index contributed by atoms with van der Waals surface area (Å²) in [6.07, 6.45) is -0.160. The number of halogens is 1. The van der Waals surface area contributed by atoms with Gasteiger partial charge in [0.15, 0.2) is 6.10 Å². The molecule has 1 aliphatic heterocycles. The predicted molar refractivity (Wildman–Crippen MR) is 65.7 cm³/mol. The lowest BCUT2D eigenvalue weighted by Crippen LogP contribution is -2.36. The van der Waals surface area contributed by atoms with Crippen molar-refractivity contribution in [3.05, 3.63) is 23.5 Å². The summed E-state index contributed by atoms with van der Waals surface area (Å²) in [6, 6.07) is 2.32. The molecule has 1 amide bonds. The van der Waals surface area contributed by atoms with Crippen molar-refractivity contribution in [3.63, 3.8) is 0 Å². The van der Waals surface area contributed by atoms with Crippen LogP contribution in [0.15, 0.2) is 12.1 Å². The Labute approximate surface area is 109 Å². The summed E-state index contributed by atoms with van der Waals surface area (Å²) in [5.41, 5.74) is 0.0543. The number of carbonyl (C=O) groups excluding carboxylic acids is 2. The quantitative estimate of drug-likeness (QED) is 0.852. The molecule has 5 nitrogen and oxygen atoms in total. The highest BCUT2D eigenvalue weighted by atomic mass is 19.1. The van der Waals surface area contributed by atoms with Crippen molar-refractivity contribution in [1.29, 1.82) is 0 Å². The van der Waals surface area contributed by atoms with Crippen LogP contribution in [0.1, 0.15) is 30.6 Å². The summed E-state index contributed by atoms with van der Waals surface area (Å²) in [5, 5.41) is 2.59. The molecule has 1 unspecified atom stereocenters. The number of hydrogen-bond acceptors (Lipinski definition) is 4. The van der Waals surface area contributed by atoms with E-state index in [1.54, 1.807) is 13.8 Å². The Morgan fingerprint density at radius 2 is 2.21 bits per heavy atom. The van der Waals surface area contributed by atoms with E-state index in [0.29, 0.717) is 6.42 Å². The molecule has 0 spiro atoms. The molecule has 2 rings (SSSR count). The molecule has 6 heteroatoms. The molecular formula is C13H14FNO4. The van der Waals surface area contributed by atoms with Crippen LogP contribution < -0.4 is 10.1 Å². The van der Waals surface area contributed by atoms with Gasteiger partial charge in [-0.05, 0) is 19.4 Å². The van der Waals surface area contributed by atoms with E-state index in [9.17, 15) is 14.0 Å². The SMILES string of the molecule is CCOC(=O)c1cc2c(cc1F)OC(CC)C(=O)N2. The van der Waals surface area contributed by atoms with E-state index in [0.717, 1.165) is 6.07 Å². The van der Waals surface area contributed by atoms with E-state index < -0.39 is 17.9 Å².